The van der Waals surface area contributed by atoms with Gasteiger partial charge in [-0.15, -0.1) is 15.3 Å². The molecule has 114 valence electrons. The first kappa shape index (κ1) is 14.2. The standard InChI is InChI=1S/C9H3BF6N6/c11-4-1-7(14)20(17-4)10(21-8(15)2-5(12)18-21)22-9(16)3-6(13)19-22/h1-3H. The Bertz CT molecular complexity index is 730. The summed E-state index contributed by atoms with van der Waals surface area (Å²) < 4.78 is 80.4. The minimum atomic E-state index is -2.07. The van der Waals surface area contributed by atoms with Gasteiger partial charge in [-0.2, -0.15) is 26.3 Å². The second-order valence-electron chi connectivity index (χ2n) is 4.05. The summed E-state index contributed by atoms with van der Waals surface area (Å²) in [5.41, 5.74) is 0. The molecule has 6 nitrogen and oxygen atoms in total. The van der Waals surface area contributed by atoms with E-state index in [2.05, 4.69) is 15.3 Å². The molecule has 3 heterocycles. The predicted molar refractivity (Wildman–Crippen MR) is 58.4 cm³/mol. The third-order valence-electron chi connectivity index (χ3n) is 2.64. The van der Waals surface area contributed by atoms with Crippen molar-refractivity contribution in [2.45, 2.75) is 0 Å². The number of halogens is 6. The van der Waals surface area contributed by atoms with Crippen LogP contribution in [-0.4, -0.2) is 36.2 Å². The smallest absolute Gasteiger partial charge is 0.233 e. The molecule has 0 saturated heterocycles. The normalized spacial score (nSPS) is 11.2. The predicted octanol–water partition coefficient (Wildman–Crippen LogP) is 1.04. The van der Waals surface area contributed by atoms with E-state index >= 15 is 0 Å². The highest BCUT2D eigenvalue weighted by Gasteiger charge is 2.36. The fraction of sp³-hybridized carbons (Fsp3) is 0. The van der Waals surface area contributed by atoms with Gasteiger partial charge in [0, 0.05) is 18.2 Å². The van der Waals surface area contributed by atoms with Gasteiger partial charge in [0.1, 0.15) is 0 Å². The summed E-state index contributed by atoms with van der Waals surface area (Å²) in [5, 5.41) is 9.12. The molecule has 0 amide bonds. The van der Waals surface area contributed by atoms with Crippen LogP contribution in [0.25, 0.3) is 0 Å². The van der Waals surface area contributed by atoms with Crippen molar-refractivity contribution in [3.63, 3.8) is 0 Å². The molecule has 0 fully saturated rings. The molecule has 0 spiro atoms. The quantitative estimate of drug-likeness (QED) is 0.535. The fourth-order valence-corrected chi connectivity index (χ4v) is 1.83. The van der Waals surface area contributed by atoms with Crippen LogP contribution in [0.1, 0.15) is 0 Å². The van der Waals surface area contributed by atoms with E-state index in [1.54, 1.807) is 0 Å². The SMILES string of the molecule is Fc1cc(F)n(B(n2nc(F)cc2F)n2nc(F)cc2F)n1. The molecule has 3 aromatic rings. The van der Waals surface area contributed by atoms with E-state index in [1.165, 1.54) is 0 Å². The molecule has 0 atom stereocenters. The summed E-state index contributed by atoms with van der Waals surface area (Å²) >= 11 is 0. The third kappa shape index (κ3) is 2.23. The number of hydrogen-bond acceptors (Lipinski definition) is 3. The molecule has 22 heavy (non-hydrogen) atoms. The van der Waals surface area contributed by atoms with Gasteiger partial charge in [0.05, 0.1) is 0 Å². The third-order valence-corrected chi connectivity index (χ3v) is 2.64. The van der Waals surface area contributed by atoms with Crippen LogP contribution in [0.2, 0.25) is 0 Å². The van der Waals surface area contributed by atoms with Crippen molar-refractivity contribution in [3.8, 4) is 0 Å². The molecule has 0 aliphatic heterocycles. The molecule has 0 aliphatic carbocycles. The lowest BCUT2D eigenvalue weighted by atomic mass is 9.95. The Hall–Kier alpha value is -2.73. The van der Waals surface area contributed by atoms with Gasteiger partial charge in [0.2, 0.25) is 35.7 Å². The zero-order chi connectivity index (χ0) is 16.0. The minimum absolute atomic E-state index is 0.125. The molecule has 0 unspecified atom stereocenters. The van der Waals surface area contributed by atoms with Crippen LogP contribution in [-0.2, 0) is 0 Å². The van der Waals surface area contributed by atoms with Gasteiger partial charge in [-0.1, -0.05) is 0 Å². The van der Waals surface area contributed by atoms with Gasteiger partial charge in [-0.3, -0.25) is 0 Å². The van der Waals surface area contributed by atoms with Crippen molar-refractivity contribution in [1.29, 1.82) is 0 Å². The van der Waals surface area contributed by atoms with Gasteiger partial charge < -0.3 is 0 Å². The van der Waals surface area contributed by atoms with E-state index in [-0.39, 0.29) is 13.8 Å². The molecular weight excluding hydrogens is 317 g/mol. The zero-order valence-electron chi connectivity index (χ0n) is 10.3. The topological polar surface area (TPSA) is 53.5 Å². The number of nitrogens with zero attached hydrogens (tertiary/aromatic N) is 6. The van der Waals surface area contributed by atoms with Crippen molar-refractivity contribution >= 4 is 7.12 Å². The Kier molecular flexibility index (Phi) is 3.18. The summed E-state index contributed by atoms with van der Waals surface area (Å²) in [6.45, 7) is 0. The zero-order valence-corrected chi connectivity index (χ0v) is 10.3. The maximum Gasteiger partial charge on any atom is 0.576 e. The lowest BCUT2D eigenvalue weighted by Gasteiger charge is -2.14. The van der Waals surface area contributed by atoms with Crippen LogP contribution in [0.5, 0.6) is 0 Å². The molecule has 3 rings (SSSR count). The van der Waals surface area contributed by atoms with Crippen molar-refractivity contribution in [3.05, 3.63) is 53.9 Å². The van der Waals surface area contributed by atoms with E-state index in [0.29, 0.717) is 18.2 Å². The highest BCUT2D eigenvalue weighted by molar-refractivity contribution is 6.52. The lowest BCUT2D eigenvalue weighted by Crippen LogP contribution is -2.46. The number of aromatic nitrogens is 6. The van der Waals surface area contributed by atoms with Crippen molar-refractivity contribution in [2.24, 2.45) is 0 Å². The first-order chi connectivity index (χ1) is 10.4. The van der Waals surface area contributed by atoms with Crippen LogP contribution in [0, 0.1) is 35.7 Å². The van der Waals surface area contributed by atoms with Crippen LogP contribution in [0.15, 0.2) is 18.2 Å². The van der Waals surface area contributed by atoms with E-state index in [1.807, 2.05) is 0 Å². The largest absolute Gasteiger partial charge is 0.576 e. The summed E-state index contributed by atoms with van der Waals surface area (Å²) in [5.74, 6) is -8.05. The van der Waals surface area contributed by atoms with Gasteiger partial charge in [-0.05, 0) is 0 Å². The second kappa shape index (κ2) is 4.93. The van der Waals surface area contributed by atoms with E-state index < -0.39 is 42.8 Å². The van der Waals surface area contributed by atoms with Crippen molar-refractivity contribution in [1.82, 2.24) is 29.1 Å². The average molecular weight is 320 g/mol. The monoisotopic (exact) mass is 320 g/mol. The molecule has 0 aliphatic rings. The molecule has 0 bridgehead atoms. The van der Waals surface area contributed by atoms with Crippen LogP contribution < -0.4 is 0 Å². The Labute approximate surface area is 117 Å². The van der Waals surface area contributed by atoms with E-state index in [4.69, 9.17) is 0 Å². The highest BCUT2D eigenvalue weighted by Crippen LogP contribution is 2.11. The summed E-state index contributed by atoms with van der Waals surface area (Å²) in [6.07, 6.45) is 0. The van der Waals surface area contributed by atoms with Crippen molar-refractivity contribution in [2.75, 3.05) is 0 Å². The molecular formula is C9H3BF6N6. The molecule has 0 N–H and O–H groups in total. The van der Waals surface area contributed by atoms with Gasteiger partial charge >= 0.3 is 7.12 Å². The van der Waals surface area contributed by atoms with Gasteiger partial charge in [0.25, 0.3) is 0 Å². The van der Waals surface area contributed by atoms with Crippen molar-refractivity contribution < 1.29 is 26.3 Å². The number of hydrogen-bond donors (Lipinski definition) is 0. The number of rotatable bonds is 3. The Morgan fingerprint density at radius 2 is 0.864 bits per heavy atom. The lowest BCUT2D eigenvalue weighted by molar-refractivity contribution is 0.480. The summed E-state index contributed by atoms with van der Waals surface area (Å²) in [7, 11) is -2.07. The summed E-state index contributed by atoms with van der Waals surface area (Å²) in [6, 6.07) is 0.924. The maximum atomic E-state index is 13.7. The van der Waals surface area contributed by atoms with Gasteiger partial charge in [-0.25, -0.2) is 13.8 Å². The minimum Gasteiger partial charge on any atom is -0.233 e. The van der Waals surface area contributed by atoms with Crippen LogP contribution >= 0.6 is 0 Å². The van der Waals surface area contributed by atoms with Gasteiger partial charge in [0.15, 0.2) is 0 Å². The van der Waals surface area contributed by atoms with Crippen LogP contribution in [0.3, 0.4) is 0 Å². The van der Waals surface area contributed by atoms with Crippen LogP contribution in [0.4, 0.5) is 26.3 Å². The molecule has 0 radical (unpaired) electrons. The van der Waals surface area contributed by atoms with E-state index in [0.717, 1.165) is 0 Å². The maximum absolute atomic E-state index is 13.7. The second-order valence-corrected chi connectivity index (χ2v) is 4.05. The Morgan fingerprint density at radius 3 is 1.05 bits per heavy atom. The first-order valence-electron chi connectivity index (χ1n) is 5.58. The fourth-order valence-electron chi connectivity index (χ4n) is 1.83. The molecule has 3 aromatic heterocycles. The summed E-state index contributed by atoms with van der Waals surface area (Å²) in [4.78, 5) is 0. The molecule has 0 saturated carbocycles. The first-order valence-corrected chi connectivity index (χ1v) is 5.58. The Morgan fingerprint density at radius 1 is 0.591 bits per heavy atom. The average Bonchev–Trinajstić information content (AvgIpc) is 3.02. The molecule has 13 heteroatoms. The van der Waals surface area contributed by atoms with E-state index in [9.17, 15) is 26.3 Å². The molecule has 0 aromatic carbocycles. The highest BCUT2D eigenvalue weighted by atomic mass is 19.2. The Balaban J connectivity index is 2.25.